The van der Waals surface area contributed by atoms with Crippen LogP contribution in [0.5, 0.6) is 0 Å². The highest BCUT2D eigenvalue weighted by Crippen LogP contribution is 2.35. The standard InChI is InChI=1S/C18H15ClO4S/c1-11-3-5-12(6-4-11)17-14(10-23-18(17)20)13-7-8-16(15(19)9-13)24(2,21)22/h3-9H,10H2,1-2H3. The fourth-order valence-electron chi connectivity index (χ4n) is 2.63. The Hall–Kier alpha value is -2.11. The van der Waals surface area contributed by atoms with Crippen LogP contribution in [0.1, 0.15) is 16.7 Å². The van der Waals surface area contributed by atoms with Crippen LogP contribution < -0.4 is 0 Å². The van der Waals surface area contributed by atoms with Crippen LogP contribution in [0.25, 0.3) is 11.1 Å². The zero-order valence-corrected chi connectivity index (χ0v) is 14.7. The highest BCUT2D eigenvalue weighted by Gasteiger charge is 2.27. The fourth-order valence-corrected chi connectivity index (χ4v) is 3.96. The highest BCUT2D eigenvalue weighted by atomic mass is 35.5. The Kier molecular flexibility index (Phi) is 4.24. The second kappa shape index (κ2) is 6.07. The zero-order chi connectivity index (χ0) is 17.5. The molecule has 0 saturated carbocycles. The number of sulfone groups is 1. The van der Waals surface area contributed by atoms with E-state index in [2.05, 4.69) is 0 Å². The number of hydrogen-bond donors (Lipinski definition) is 0. The van der Waals surface area contributed by atoms with Gasteiger partial charge in [-0.15, -0.1) is 0 Å². The lowest BCUT2D eigenvalue weighted by Gasteiger charge is -2.08. The van der Waals surface area contributed by atoms with Crippen molar-refractivity contribution in [2.24, 2.45) is 0 Å². The van der Waals surface area contributed by atoms with Crippen LogP contribution in [0, 0.1) is 6.92 Å². The van der Waals surface area contributed by atoms with Gasteiger partial charge >= 0.3 is 5.97 Å². The molecule has 0 spiro atoms. The predicted octanol–water partition coefficient (Wildman–Crippen LogP) is 3.52. The minimum atomic E-state index is -3.40. The van der Waals surface area contributed by atoms with Crippen molar-refractivity contribution in [1.29, 1.82) is 0 Å². The van der Waals surface area contributed by atoms with Crippen molar-refractivity contribution in [3.8, 4) is 0 Å². The van der Waals surface area contributed by atoms with E-state index in [1.54, 1.807) is 12.1 Å². The molecule has 1 heterocycles. The summed E-state index contributed by atoms with van der Waals surface area (Å²) in [5.41, 5.74) is 3.71. The van der Waals surface area contributed by atoms with Gasteiger partial charge in [-0.25, -0.2) is 13.2 Å². The Morgan fingerprint density at radius 2 is 1.67 bits per heavy atom. The van der Waals surface area contributed by atoms with Crippen LogP contribution in [-0.2, 0) is 19.4 Å². The summed E-state index contributed by atoms with van der Waals surface area (Å²) in [4.78, 5) is 12.2. The minimum absolute atomic E-state index is 0.0654. The van der Waals surface area contributed by atoms with Gasteiger partial charge in [-0.1, -0.05) is 47.5 Å². The first-order chi connectivity index (χ1) is 11.3. The lowest BCUT2D eigenvalue weighted by Crippen LogP contribution is -1.99. The Morgan fingerprint density at radius 3 is 2.25 bits per heavy atom. The fraction of sp³-hybridized carbons (Fsp3) is 0.167. The maximum absolute atomic E-state index is 12.1. The number of rotatable bonds is 3. The zero-order valence-electron chi connectivity index (χ0n) is 13.2. The van der Waals surface area contributed by atoms with Crippen LogP contribution in [0.3, 0.4) is 0 Å². The van der Waals surface area contributed by atoms with Crippen molar-refractivity contribution in [3.63, 3.8) is 0 Å². The van der Waals surface area contributed by atoms with E-state index in [-0.39, 0.29) is 16.5 Å². The summed E-state index contributed by atoms with van der Waals surface area (Å²) in [7, 11) is -3.40. The second-order valence-electron chi connectivity index (χ2n) is 5.71. The van der Waals surface area contributed by atoms with Gasteiger partial charge in [-0.3, -0.25) is 0 Å². The maximum atomic E-state index is 12.1. The number of carbonyl (C=O) groups is 1. The van der Waals surface area contributed by atoms with Crippen molar-refractivity contribution in [3.05, 3.63) is 64.2 Å². The van der Waals surface area contributed by atoms with Gasteiger partial charge in [0.15, 0.2) is 9.84 Å². The normalized spacial score (nSPS) is 14.9. The van der Waals surface area contributed by atoms with E-state index in [4.69, 9.17) is 16.3 Å². The number of benzene rings is 2. The number of hydrogen-bond acceptors (Lipinski definition) is 4. The average Bonchev–Trinajstić information content (AvgIpc) is 2.88. The molecule has 24 heavy (non-hydrogen) atoms. The predicted molar refractivity (Wildman–Crippen MR) is 93.5 cm³/mol. The molecule has 0 aromatic heterocycles. The molecular formula is C18H15ClO4S. The van der Waals surface area contributed by atoms with Gasteiger partial charge in [0.05, 0.1) is 15.5 Å². The van der Waals surface area contributed by atoms with Crippen LogP contribution in [0.2, 0.25) is 5.02 Å². The van der Waals surface area contributed by atoms with Gasteiger partial charge in [0.2, 0.25) is 0 Å². The summed E-state index contributed by atoms with van der Waals surface area (Å²) in [6.07, 6.45) is 1.10. The van der Waals surface area contributed by atoms with E-state index in [0.717, 1.165) is 17.4 Å². The van der Waals surface area contributed by atoms with E-state index in [1.165, 1.54) is 6.07 Å². The Bertz CT molecular complexity index is 957. The number of carbonyl (C=O) groups excluding carboxylic acids is 1. The number of aryl methyl sites for hydroxylation is 1. The van der Waals surface area contributed by atoms with Crippen LogP contribution in [-0.4, -0.2) is 27.2 Å². The van der Waals surface area contributed by atoms with Crippen LogP contribution in [0.4, 0.5) is 0 Å². The highest BCUT2D eigenvalue weighted by molar-refractivity contribution is 7.90. The first-order valence-corrected chi connectivity index (χ1v) is 9.51. The van der Waals surface area contributed by atoms with Gasteiger partial charge in [0.1, 0.15) is 6.61 Å². The largest absolute Gasteiger partial charge is 0.457 e. The second-order valence-corrected chi connectivity index (χ2v) is 8.10. The molecule has 0 fully saturated rings. The van der Waals surface area contributed by atoms with Crippen molar-refractivity contribution < 1.29 is 17.9 Å². The molecule has 0 unspecified atom stereocenters. The molecule has 3 rings (SSSR count). The SMILES string of the molecule is Cc1ccc(C2=C(c3ccc(S(C)(=O)=O)c(Cl)c3)COC2=O)cc1. The van der Waals surface area contributed by atoms with Gasteiger partial charge in [-0.2, -0.15) is 0 Å². The van der Waals surface area contributed by atoms with Crippen molar-refractivity contribution >= 4 is 38.6 Å². The Balaban J connectivity index is 2.14. The molecule has 0 N–H and O–H groups in total. The van der Waals surface area contributed by atoms with Gasteiger partial charge in [-0.05, 0) is 30.2 Å². The third-order valence-electron chi connectivity index (χ3n) is 3.87. The summed E-state index contributed by atoms with van der Waals surface area (Å²) < 4.78 is 28.5. The molecular weight excluding hydrogens is 348 g/mol. The molecule has 1 aliphatic heterocycles. The molecule has 4 nitrogen and oxygen atoms in total. The van der Waals surface area contributed by atoms with Crippen LogP contribution >= 0.6 is 11.6 Å². The van der Waals surface area contributed by atoms with Gasteiger partial charge in [0.25, 0.3) is 0 Å². The summed E-state index contributed by atoms with van der Waals surface area (Å²) in [5, 5.41) is 0.130. The van der Waals surface area contributed by atoms with E-state index >= 15 is 0 Å². The Morgan fingerprint density at radius 1 is 1.04 bits per heavy atom. The first kappa shape index (κ1) is 16.7. The van der Waals surface area contributed by atoms with Crippen molar-refractivity contribution in [1.82, 2.24) is 0 Å². The molecule has 0 aliphatic carbocycles. The molecule has 124 valence electrons. The maximum Gasteiger partial charge on any atom is 0.339 e. The Labute approximate surface area is 145 Å². The lowest BCUT2D eigenvalue weighted by atomic mass is 9.96. The summed E-state index contributed by atoms with van der Waals surface area (Å²) in [6.45, 7) is 2.10. The number of esters is 1. The van der Waals surface area contributed by atoms with Gasteiger partial charge < -0.3 is 4.74 Å². The monoisotopic (exact) mass is 362 g/mol. The van der Waals surface area contributed by atoms with Crippen LogP contribution in [0.15, 0.2) is 47.4 Å². The van der Waals surface area contributed by atoms with E-state index in [0.29, 0.717) is 16.7 Å². The molecule has 0 amide bonds. The number of ether oxygens (including phenoxy) is 1. The van der Waals surface area contributed by atoms with Gasteiger partial charge in [0, 0.05) is 11.8 Å². The van der Waals surface area contributed by atoms with Crippen molar-refractivity contribution in [2.45, 2.75) is 11.8 Å². The topological polar surface area (TPSA) is 60.4 Å². The first-order valence-electron chi connectivity index (χ1n) is 7.24. The third-order valence-corrected chi connectivity index (χ3v) is 5.45. The number of cyclic esters (lactones) is 1. The summed E-state index contributed by atoms with van der Waals surface area (Å²) in [6, 6.07) is 12.2. The quantitative estimate of drug-likeness (QED) is 0.784. The lowest BCUT2D eigenvalue weighted by molar-refractivity contribution is -0.133. The smallest absolute Gasteiger partial charge is 0.339 e. The molecule has 0 atom stereocenters. The molecule has 0 radical (unpaired) electrons. The molecule has 0 bridgehead atoms. The summed E-state index contributed by atoms with van der Waals surface area (Å²) >= 11 is 6.12. The molecule has 1 aliphatic rings. The molecule has 2 aromatic rings. The average molecular weight is 363 g/mol. The van der Waals surface area contributed by atoms with E-state index < -0.39 is 15.8 Å². The summed E-state index contributed by atoms with van der Waals surface area (Å²) in [5.74, 6) is -0.392. The molecule has 6 heteroatoms. The third kappa shape index (κ3) is 3.09. The minimum Gasteiger partial charge on any atom is -0.457 e. The van der Waals surface area contributed by atoms with E-state index in [9.17, 15) is 13.2 Å². The molecule has 2 aromatic carbocycles. The van der Waals surface area contributed by atoms with E-state index in [1.807, 2.05) is 31.2 Å². The van der Waals surface area contributed by atoms with Crippen molar-refractivity contribution in [2.75, 3.05) is 12.9 Å². The number of halogens is 1. The molecule has 0 saturated heterocycles.